The van der Waals surface area contributed by atoms with Gasteiger partial charge in [-0.3, -0.25) is 4.68 Å². The van der Waals surface area contributed by atoms with E-state index in [9.17, 15) is 0 Å². The highest BCUT2D eigenvalue weighted by molar-refractivity contribution is 5.00. The van der Waals surface area contributed by atoms with Gasteiger partial charge in [0, 0.05) is 25.0 Å². The minimum Gasteiger partial charge on any atom is -0.314 e. The summed E-state index contributed by atoms with van der Waals surface area (Å²) in [6, 6.07) is 2.84. The normalized spacial score (nSPS) is 24.1. The maximum Gasteiger partial charge on any atom is 0.0492 e. The zero-order valence-corrected chi connectivity index (χ0v) is 14.1. The average Bonchev–Trinajstić information content (AvgIpc) is 2.90. The number of aromatic nitrogens is 2. The fraction of sp³-hybridized carbons (Fsp3) is 0.833. The fourth-order valence-corrected chi connectivity index (χ4v) is 4.00. The van der Waals surface area contributed by atoms with Gasteiger partial charge in [0.2, 0.25) is 0 Å². The van der Waals surface area contributed by atoms with Crippen LogP contribution in [0.15, 0.2) is 12.3 Å². The second-order valence-corrected chi connectivity index (χ2v) is 6.72. The van der Waals surface area contributed by atoms with E-state index in [1.54, 1.807) is 0 Å². The van der Waals surface area contributed by atoms with Gasteiger partial charge in [-0.15, -0.1) is 0 Å². The fourth-order valence-electron chi connectivity index (χ4n) is 4.00. The Hall–Kier alpha value is -0.830. The Balaban J connectivity index is 1.83. The second-order valence-electron chi connectivity index (χ2n) is 6.72. The summed E-state index contributed by atoms with van der Waals surface area (Å²) in [5.74, 6) is 1.89. The topological polar surface area (TPSA) is 29.9 Å². The standard InChI is InChI=1S/C18H33N3/c1-4-6-15-7-9-16(10-8-15)18(19-5-2)12-11-17-13-14-20-21(17)3/h13-16,18-19H,4-12H2,1-3H3. The van der Waals surface area contributed by atoms with Crippen molar-refractivity contribution in [1.29, 1.82) is 0 Å². The molecule has 1 aliphatic rings. The van der Waals surface area contributed by atoms with Crippen molar-refractivity contribution in [3.63, 3.8) is 0 Å². The van der Waals surface area contributed by atoms with Gasteiger partial charge >= 0.3 is 0 Å². The van der Waals surface area contributed by atoms with Gasteiger partial charge in [-0.1, -0.05) is 39.5 Å². The van der Waals surface area contributed by atoms with Crippen LogP contribution >= 0.6 is 0 Å². The molecule has 2 rings (SSSR count). The highest BCUT2D eigenvalue weighted by atomic mass is 15.2. The average molecular weight is 291 g/mol. The maximum absolute atomic E-state index is 4.28. The Bertz CT molecular complexity index is 391. The zero-order valence-electron chi connectivity index (χ0n) is 14.1. The summed E-state index contributed by atoms with van der Waals surface area (Å²) in [5, 5.41) is 8.03. The van der Waals surface area contributed by atoms with Gasteiger partial charge in [-0.25, -0.2) is 0 Å². The van der Waals surface area contributed by atoms with Crippen LogP contribution in [0.4, 0.5) is 0 Å². The molecule has 1 aliphatic carbocycles. The van der Waals surface area contributed by atoms with Crippen molar-refractivity contribution in [3.8, 4) is 0 Å². The molecule has 0 aliphatic heterocycles. The monoisotopic (exact) mass is 291 g/mol. The van der Waals surface area contributed by atoms with Crippen molar-refractivity contribution in [2.24, 2.45) is 18.9 Å². The Morgan fingerprint density at radius 1 is 1.29 bits per heavy atom. The third kappa shape index (κ3) is 4.84. The van der Waals surface area contributed by atoms with E-state index in [0.717, 1.165) is 24.8 Å². The predicted octanol–water partition coefficient (Wildman–Crippen LogP) is 3.94. The van der Waals surface area contributed by atoms with Crippen molar-refractivity contribution in [2.75, 3.05) is 6.54 Å². The molecule has 1 N–H and O–H groups in total. The van der Waals surface area contributed by atoms with Crippen LogP contribution in [-0.4, -0.2) is 22.4 Å². The molecule has 120 valence electrons. The molecule has 3 heteroatoms. The largest absolute Gasteiger partial charge is 0.314 e. The summed E-state index contributed by atoms with van der Waals surface area (Å²) in [4.78, 5) is 0. The van der Waals surface area contributed by atoms with E-state index in [-0.39, 0.29) is 0 Å². The van der Waals surface area contributed by atoms with E-state index in [1.165, 1.54) is 50.6 Å². The summed E-state index contributed by atoms with van der Waals surface area (Å²) >= 11 is 0. The van der Waals surface area contributed by atoms with E-state index in [4.69, 9.17) is 0 Å². The van der Waals surface area contributed by atoms with Gasteiger partial charge in [-0.05, 0) is 50.1 Å². The first-order valence-corrected chi connectivity index (χ1v) is 8.94. The smallest absolute Gasteiger partial charge is 0.0492 e. The molecule has 1 atom stereocenters. The first-order valence-electron chi connectivity index (χ1n) is 8.94. The van der Waals surface area contributed by atoms with Crippen LogP contribution in [0, 0.1) is 11.8 Å². The molecule has 1 heterocycles. The maximum atomic E-state index is 4.28. The Morgan fingerprint density at radius 3 is 2.62 bits per heavy atom. The molecule has 1 aromatic rings. The molecule has 1 unspecified atom stereocenters. The third-order valence-electron chi connectivity index (χ3n) is 5.26. The summed E-state index contributed by atoms with van der Waals surface area (Å²) in [5.41, 5.74) is 1.36. The SMILES string of the molecule is CCCC1CCC(C(CCc2ccnn2C)NCC)CC1. The second kappa shape index (κ2) is 8.57. The van der Waals surface area contributed by atoms with Crippen LogP contribution in [0.1, 0.15) is 64.5 Å². The summed E-state index contributed by atoms with van der Waals surface area (Å²) < 4.78 is 2.02. The highest BCUT2D eigenvalue weighted by Gasteiger charge is 2.26. The van der Waals surface area contributed by atoms with Crippen LogP contribution in [0.5, 0.6) is 0 Å². The van der Waals surface area contributed by atoms with Crippen molar-refractivity contribution in [3.05, 3.63) is 18.0 Å². The quantitative estimate of drug-likeness (QED) is 0.786. The Labute approximate surface area is 130 Å². The molecule has 0 radical (unpaired) electrons. The van der Waals surface area contributed by atoms with E-state index in [0.29, 0.717) is 6.04 Å². The predicted molar refractivity (Wildman–Crippen MR) is 89.3 cm³/mol. The summed E-state index contributed by atoms with van der Waals surface area (Å²) in [6.07, 6.45) is 12.8. The van der Waals surface area contributed by atoms with Gasteiger partial charge in [-0.2, -0.15) is 5.10 Å². The molecule has 3 nitrogen and oxygen atoms in total. The lowest BCUT2D eigenvalue weighted by atomic mass is 9.76. The first-order chi connectivity index (χ1) is 10.2. The van der Waals surface area contributed by atoms with Gasteiger partial charge in [0.05, 0.1) is 0 Å². The number of hydrogen-bond acceptors (Lipinski definition) is 2. The lowest BCUT2D eigenvalue weighted by molar-refractivity contribution is 0.208. The van der Waals surface area contributed by atoms with E-state index in [1.807, 2.05) is 17.9 Å². The van der Waals surface area contributed by atoms with Crippen LogP contribution in [0.25, 0.3) is 0 Å². The molecule has 0 bridgehead atoms. The molecule has 1 fully saturated rings. The van der Waals surface area contributed by atoms with E-state index < -0.39 is 0 Å². The number of rotatable bonds is 8. The summed E-state index contributed by atoms with van der Waals surface area (Å²) in [7, 11) is 2.05. The molecule has 0 saturated heterocycles. The first kappa shape index (κ1) is 16.5. The minimum atomic E-state index is 0.687. The molecule has 1 saturated carbocycles. The minimum absolute atomic E-state index is 0.687. The van der Waals surface area contributed by atoms with Crippen LogP contribution in [-0.2, 0) is 13.5 Å². The van der Waals surface area contributed by atoms with E-state index >= 15 is 0 Å². The molecule has 21 heavy (non-hydrogen) atoms. The molecule has 0 aromatic carbocycles. The molecule has 0 spiro atoms. The van der Waals surface area contributed by atoms with Crippen LogP contribution in [0.2, 0.25) is 0 Å². The molecular weight excluding hydrogens is 258 g/mol. The number of aryl methyl sites for hydroxylation is 2. The van der Waals surface area contributed by atoms with Crippen molar-refractivity contribution < 1.29 is 0 Å². The Morgan fingerprint density at radius 2 is 2.05 bits per heavy atom. The molecular formula is C18H33N3. The number of nitrogens with zero attached hydrogens (tertiary/aromatic N) is 2. The van der Waals surface area contributed by atoms with Gasteiger partial charge in [0.25, 0.3) is 0 Å². The van der Waals surface area contributed by atoms with Crippen molar-refractivity contribution in [2.45, 2.75) is 71.3 Å². The van der Waals surface area contributed by atoms with Crippen molar-refractivity contribution in [1.82, 2.24) is 15.1 Å². The van der Waals surface area contributed by atoms with Gasteiger partial charge in [0.1, 0.15) is 0 Å². The molecule has 1 aromatic heterocycles. The van der Waals surface area contributed by atoms with Crippen LogP contribution < -0.4 is 5.32 Å². The number of hydrogen-bond donors (Lipinski definition) is 1. The summed E-state index contributed by atoms with van der Waals surface area (Å²) in [6.45, 7) is 5.64. The lowest BCUT2D eigenvalue weighted by Crippen LogP contribution is -2.38. The van der Waals surface area contributed by atoms with Gasteiger partial charge in [0.15, 0.2) is 0 Å². The Kier molecular flexibility index (Phi) is 6.75. The van der Waals surface area contributed by atoms with Gasteiger partial charge < -0.3 is 5.32 Å². The lowest BCUT2D eigenvalue weighted by Gasteiger charge is -2.34. The third-order valence-corrected chi connectivity index (χ3v) is 5.26. The van der Waals surface area contributed by atoms with E-state index in [2.05, 4.69) is 30.3 Å². The van der Waals surface area contributed by atoms with Crippen molar-refractivity contribution >= 4 is 0 Å². The number of nitrogens with one attached hydrogen (secondary N) is 1. The highest BCUT2D eigenvalue weighted by Crippen LogP contribution is 2.34. The zero-order chi connectivity index (χ0) is 15.1. The molecule has 0 amide bonds. The van der Waals surface area contributed by atoms with Crippen LogP contribution in [0.3, 0.4) is 0 Å².